The number of para-hydroxylation sites is 1. The Morgan fingerprint density at radius 1 is 1.50 bits per heavy atom. The number of hydrogen-bond donors (Lipinski definition) is 1. The van der Waals surface area contributed by atoms with Crippen LogP contribution in [0.5, 0.6) is 0 Å². The second kappa shape index (κ2) is 3.95. The Balaban J connectivity index is 1.85. The van der Waals surface area contributed by atoms with E-state index < -0.39 is 6.98 Å². The monoisotopic (exact) mass is 217 g/mol. The fourth-order valence-electron chi connectivity index (χ4n) is 2.60. The fraction of sp³-hybridized carbons (Fsp3) is 0.429. The van der Waals surface area contributed by atoms with E-state index in [1.807, 2.05) is 18.3 Å². The van der Waals surface area contributed by atoms with E-state index in [-0.39, 0.29) is 6.04 Å². The summed E-state index contributed by atoms with van der Waals surface area (Å²) in [5, 5.41) is 1.21. The lowest BCUT2D eigenvalue weighted by molar-refractivity contribution is 0.310. The van der Waals surface area contributed by atoms with Crippen LogP contribution < -0.4 is 0 Å². The first-order valence-electron chi connectivity index (χ1n) is 7.37. The number of benzene rings is 1. The lowest BCUT2D eigenvalue weighted by Crippen LogP contribution is -2.26. The predicted molar refractivity (Wildman–Crippen MR) is 67.7 cm³/mol. The van der Waals surface area contributed by atoms with E-state index in [1.54, 1.807) is 4.90 Å². The van der Waals surface area contributed by atoms with Gasteiger partial charge in [-0.2, -0.15) is 0 Å². The highest BCUT2D eigenvalue weighted by molar-refractivity contribution is 5.83. The van der Waals surface area contributed by atoms with Crippen LogP contribution in [0.1, 0.15) is 22.5 Å². The Labute approximate surface area is 100 Å². The zero-order valence-corrected chi connectivity index (χ0v) is 9.24. The minimum Gasteiger partial charge on any atom is -0.361 e. The van der Waals surface area contributed by atoms with Gasteiger partial charge in [0.1, 0.15) is 0 Å². The average Bonchev–Trinajstić information content (AvgIpc) is 2.97. The molecular weight excluding hydrogens is 196 g/mol. The van der Waals surface area contributed by atoms with E-state index in [0.29, 0.717) is 6.54 Å². The second-order valence-corrected chi connectivity index (χ2v) is 4.55. The number of aromatic nitrogens is 1. The topological polar surface area (TPSA) is 19.0 Å². The van der Waals surface area contributed by atoms with Crippen LogP contribution in [0.3, 0.4) is 0 Å². The number of fused-ring (bicyclic) bond motifs is 1. The molecule has 3 rings (SSSR count). The first-order valence-corrected chi connectivity index (χ1v) is 5.87. The van der Waals surface area contributed by atoms with Crippen molar-refractivity contribution in [1.29, 1.82) is 0 Å². The number of aromatic amines is 1. The molecule has 2 nitrogen and oxygen atoms in total. The molecule has 0 unspecified atom stereocenters. The number of likely N-dealkylation sites (N-methyl/N-ethyl adjacent to an activating group) is 1. The van der Waals surface area contributed by atoms with Gasteiger partial charge < -0.3 is 9.88 Å². The molecule has 2 aromatic rings. The van der Waals surface area contributed by atoms with Crippen LogP contribution in [-0.2, 0) is 6.42 Å². The molecule has 1 atom stereocenters. The Kier molecular flexibility index (Phi) is 1.76. The summed E-state index contributed by atoms with van der Waals surface area (Å²) in [4.78, 5) is 4.93. The fourth-order valence-corrected chi connectivity index (χ4v) is 2.60. The molecule has 1 saturated heterocycles. The molecule has 2 heterocycles. The number of nitrogens with one attached hydrogen (secondary N) is 1. The zero-order chi connectivity index (χ0) is 13.5. The predicted octanol–water partition coefficient (Wildman–Crippen LogP) is 2.80. The molecule has 84 valence electrons. The van der Waals surface area contributed by atoms with Crippen LogP contribution in [0.15, 0.2) is 30.5 Å². The number of hydrogen-bond acceptors (Lipinski definition) is 1. The largest absolute Gasteiger partial charge is 0.361 e. The Bertz CT molecular complexity index is 573. The third kappa shape index (κ3) is 1.63. The van der Waals surface area contributed by atoms with Gasteiger partial charge in [0.25, 0.3) is 0 Å². The van der Waals surface area contributed by atoms with Crippen molar-refractivity contribution in [2.24, 2.45) is 0 Å². The molecule has 1 aliphatic heterocycles. The van der Waals surface area contributed by atoms with Gasteiger partial charge in [-0.1, -0.05) is 18.2 Å². The minimum absolute atomic E-state index is 0.131. The molecule has 0 amide bonds. The average molecular weight is 217 g/mol. The summed E-state index contributed by atoms with van der Waals surface area (Å²) < 4.78 is 22.8. The highest BCUT2D eigenvalue weighted by Gasteiger charge is 2.21. The SMILES string of the molecule is [2H]C([2H])([2H])N1CCC[C@@H]1Cc1c[nH]c2ccccc12. The van der Waals surface area contributed by atoms with Gasteiger partial charge in [0.15, 0.2) is 0 Å². The Hall–Kier alpha value is -1.28. The maximum Gasteiger partial charge on any atom is 0.0456 e. The van der Waals surface area contributed by atoms with E-state index in [1.165, 1.54) is 10.9 Å². The van der Waals surface area contributed by atoms with Gasteiger partial charge in [-0.05, 0) is 44.4 Å². The van der Waals surface area contributed by atoms with Crippen molar-refractivity contribution in [3.05, 3.63) is 36.0 Å². The lowest BCUT2D eigenvalue weighted by Gasteiger charge is -2.18. The van der Waals surface area contributed by atoms with E-state index in [4.69, 9.17) is 4.11 Å². The van der Waals surface area contributed by atoms with Crippen molar-refractivity contribution in [2.75, 3.05) is 13.5 Å². The molecule has 1 N–H and O–H groups in total. The maximum atomic E-state index is 7.60. The second-order valence-electron chi connectivity index (χ2n) is 4.55. The molecule has 1 fully saturated rings. The van der Waals surface area contributed by atoms with Crippen LogP contribution >= 0.6 is 0 Å². The smallest absolute Gasteiger partial charge is 0.0456 e. The molecule has 0 spiro atoms. The summed E-state index contributed by atoms with van der Waals surface area (Å²) in [6.07, 6.45) is 4.77. The van der Waals surface area contributed by atoms with Crippen LogP contribution in [0, 0.1) is 0 Å². The zero-order valence-electron chi connectivity index (χ0n) is 12.2. The third-order valence-electron chi connectivity index (χ3n) is 3.51. The Morgan fingerprint density at radius 3 is 3.38 bits per heavy atom. The van der Waals surface area contributed by atoms with Crippen LogP contribution in [-0.4, -0.2) is 29.4 Å². The van der Waals surface area contributed by atoms with Crippen LogP contribution in [0.4, 0.5) is 0 Å². The normalized spacial score (nSPS) is 25.5. The van der Waals surface area contributed by atoms with E-state index in [0.717, 1.165) is 24.8 Å². The molecule has 1 aromatic heterocycles. The highest BCUT2D eigenvalue weighted by Crippen LogP contribution is 2.24. The van der Waals surface area contributed by atoms with Crippen molar-refractivity contribution < 1.29 is 4.11 Å². The molecule has 0 aliphatic carbocycles. The van der Waals surface area contributed by atoms with Crippen molar-refractivity contribution in [3.63, 3.8) is 0 Å². The van der Waals surface area contributed by atoms with Gasteiger partial charge in [-0.25, -0.2) is 0 Å². The Morgan fingerprint density at radius 2 is 2.44 bits per heavy atom. The summed E-state index contributed by atoms with van der Waals surface area (Å²) in [7, 11) is 0. The molecule has 16 heavy (non-hydrogen) atoms. The summed E-state index contributed by atoms with van der Waals surface area (Å²) in [6.45, 7) is -1.28. The molecule has 0 saturated carbocycles. The van der Waals surface area contributed by atoms with Gasteiger partial charge in [0.05, 0.1) is 0 Å². The third-order valence-corrected chi connectivity index (χ3v) is 3.51. The van der Waals surface area contributed by atoms with Crippen LogP contribution in [0.2, 0.25) is 0 Å². The van der Waals surface area contributed by atoms with Crippen molar-refractivity contribution in [1.82, 2.24) is 9.88 Å². The summed E-state index contributed by atoms with van der Waals surface area (Å²) in [6, 6.07) is 8.31. The summed E-state index contributed by atoms with van der Waals surface area (Å²) >= 11 is 0. The standard InChI is InChI=1S/C14H18N2/c1-16-8-4-5-12(16)9-11-10-15-14-7-3-2-6-13(11)14/h2-3,6-7,10,12,15H,4-5,8-9H2,1H3/t12-/m1/s1/i1D3. The molecule has 2 heteroatoms. The number of rotatable bonds is 2. The molecule has 1 aromatic carbocycles. The van der Waals surface area contributed by atoms with E-state index >= 15 is 0 Å². The van der Waals surface area contributed by atoms with Crippen molar-refractivity contribution in [2.45, 2.75) is 25.3 Å². The van der Waals surface area contributed by atoms with E-state index in [2.05, 4.69) is 17.1 Å². The number of H-pyrrole nitrogens is 1. The maximum absolute atomic E-state index is 7.60. The van der Waals surface area contributed by atoms with Crippen molar-refractivity contribution >= 4 is 10.9 Å². The van der Waals surface area contributed by atoms with E-state index in [9.17, 15) is 0 Å². The molecule has 1 aliphatic rings. The molecule has 0 radical (unpaired) electrons. The quantitative estimate of drug-likeness (QED) is 0.819. The van der Waals surface area contributed by atoms with Crippen molar-refractivity contribution in [3.8, 4) is 0 Å². The first-order chi connectivity index (χ1) is 9.05. The lowest BCUT2D eigenvalue weighted by atomic mass is 10.0. The van der Waals surface area contributed by atoms with Gasteiger partial charge >= 0.3 is 0 Å². The minimum atomic E-state index is -1.97. The number of nitrogens with zero attached hydrogens (tertiary/aromatic N) is 1. The first kappa shape index (κ1) is 7.13. The van der Waals surface area contributed by atoms with Gasteiger partial charge in [-0.15, -0.1) is 0 Å². The highest BCUT2D eigenvalue weighted by atomic mass is 15.1. The van der Waals surface area contributed by atoms with Gasteiger partial charge in [0.2, 0.25) is 0 Å². The van der Waals surface area contributed by atoms with Gasteiger partial charge in [-0.3, -0.25) is 0 Å². The molecule has 0 bridgehead atoms. The van der Waals surface area contributed by atoms with Gasteiger partial charge in [0, 0.05) is 27.3 Å². The number of likely N-dealkylation sites (tertiary alicyclic amines) is 1. The van der Waals surface area contributed by atoms with Crippen LogP contribution in [0.25, 0.3) is 10.9 Å². The summed E-state index contributed by atoms with van der Waals surface area (Å²) in [5.41, 5.74) is 2.34. The summed E-state index contributed by atoms with van der Waals surface area (Å²) in [5.74, 6) is 0. The molecular formula is C14H18N2.